The van der Waals surface area contributed by atoms with Crippen molar-refractivity contribution in [3.8, 4) is 0 Å². The van der Waals surface area contributed by atoms with Crippen molar-refractivity contribution in [2.24, 2.45) is 5.92 Å². The van der Waals surface area contributed by atoms with E-state index in [4.69, 9.17) is 0 Å². The molecule has 3 nitrogen and oxygen atoms in total. The zero-order valence-corrected chi connectivity index (χ0v) is 11.0. The fraction of sp³-hybridized carbons (Fsp3) is 0.923. The monoisotopic (exact) mass is 226 g/mol. The van der Waals surface area contributed by atoms with Crippen LogP contribution in [0.25, 0.3) is 0 Å². The summed E-state index contributed by atoms with van der Waals surface area (Å²) in [4.78, 5) is 15.8. The third-order valence-electron chi connectivity index (χ3n) is 3.50. The summed E-state index contributed by atoms with van der Waals surface area (Å²) in [5, 5.41) is 0. The lowest BCUT2D eigenvalue weighted by Crippen LogP contribution is -2.34. The molecule has 0 aromatic rings. The third kappa shape index (κ3) is 4.52. The van der Waals surface area contributed by atoms with Crippen molar-refractivity contribution in [2.75, 3.05) is 32.7 Å². The maximum Gasteiger partial charge on any atom is 0.219 e. The number of carbonyl (C=O) groups excluding carboxylic acids is 1. The quantitative estimate of drug-likeness (QED) is 0.691. The minimum absolute atomic E-state index is 0.204. The van der Waals surface area contributed by atoms with Gasteiger partial charge in [0, 0.05) is 20.0 Å². The molecule has 1 aliphatic rings. The topological polar surface area (TPSA) is 23.6 Å². The van der Waals surface area contributed by atoms with Crippen LogP contribution in [0.1, 0.15) is 40.0 Å². The van der Waals surface area contributed by atoms with Gasteiger partial charge in [0.1, 0.15) is 0 Å². The molecule has 0 aliphatic carbocycles. The second-order valence-corrected chi connectivity index (χ2v) is 5.00. The standard InChI is InChI=1S/C13H26N2O/c1-4-15(13(3)16)11-12(2)7-10-14-8-5-6-9-14/h12H,4-11H2,1-3H3. The molecule has 1 aliphatic heterocycles. The summed E-state index contributed by atoms with van der Waals surface area (Å²) in [6.45, 7) is 11.5. The molecule has 0 radical (unpaired) electrons. The van der Waals surface area contributed by atoms with E-state index >= 15 is 0 Å². The predicted molar refractivity (Wildman–Crippen MR) is 67.4 cm³/mol. The first-order chi connectivity index (χ1) is 7.63. The first-order valence-corrected chi connectivity index (χ1v) is 6.61. The van der Waals surface area contributed by atoms with Crippen molar-refractivity contribution >= 4 is 5.91 Å². The highest BCUT2D eigenvalue weighted by molar-refractivity contribution is 5.73. The molecule has 0 saturated carbocycles. The van der Waals surface area contributed by atoms with E-state index in [2.05, 4.69) is 18.7 Å². The highest BCUT2D eigenvalue weighted by Crippen LogP contribution is 2.11. The summed E-state index contributed by atoms with van der Waals surface area (Å²) < 4.78 is 0. The van der Waals surface area contributed by atoms with E-state index in [1.54, 1.807) is 6.92 Å². The van der Waals surface area contributed by atoms with Gasteiger partial charge in [-0.05, 0) is 51.7 Å². The normalized spacial score (nSPS) is 18.7. The van der Waals surface area contributed by atoms with Crippen molar-refractivity contribution in [2.45, 2.75) is 40.0 Å². The van der Waals surface area contributed by atoms with Crippen molar-refractivity contribution < 1.29 is 4.79 Å². The molecule has 1 rings (SSSR count). The average Bonchev–Trinajstić information content (AvgIpc) is 2.75. The molecule has 0 spiro atoms. The molecule has 3 heteroatoms. The minimum Gasteiger partial charge on any atom is -0.343 e. The lowest BCUT2D eigenvalue weighted by molar-refractivity contribution is -0.129. The molecule has 1 unspecified atom stereocenters. The predicted octanol–water partition coefficient (Wildman–Crippen LogP) is 1.98. The Balaban J connectivity index is 2.18. The van der Waals surface area contributed by atoms with Crippen LogP contribution in [-0.2, 0) is 4.79 Å². The van der Waals surface area contributed by atoms with Crippen LogP contribution in [0.4, 0.5) is 0 Å². The number of rotatable bonds is 6. The minimum atomic E-state index is 0.204. The summed E-state index contributed by atoms with van der Waals surface area (Å²) in [6.07, 6.45) is 3.94. The first-order valence-electron chi connectivity index (χ1n) is 6.61. The molecule has 0 aromatic carbocycles. The number of nitrogens with zero attached hydrogens (tertiary/aromatic N) is 2. The smallest absolute Gasteiger partial charge is 0.219 e. The van der Waals surface area contributed by atoms with Crippen molar-refractivity contribution in [3.63, 3.8) is 0 Å². The zero-order chi connectivity index (χ0) is 12.0. The Morgan fingerprint density at radius 3 is 2.50 bits per heavy atom. The zero-order valence-electron chi connectivity index (χ0n) is 11.0. The van der Waals surface area contributed by atoms with Gasteiger partial charge in [-0.25, -0.2) is 0 Å². The van der Waals surface area contributed by atoms with E-state index in [0.717, 1.165) is 13.1 Å². The fourth-order valence-electron chi connectivity index (χ4n) is 2.36. The van der Waals surface area contributed by atoms with Gasteiger partial charge in [0.2, 0.25) is 5.91 Å². The van der Waals surface area contributed by atoms with Crippen LogP contribution in [0.5, 0.6) is 0 Å². The van der Waals surface area contributed by atoms with Crippen molar-refractivity contribution in [1.82, 2.24) is 9.80 Å². The Bertz CT molecular complexity index is 212. The van der Waals surface area contributed by atoms with Crippen LogP contribution in [0.3, 0.4) is 0 Å². The second-order valence-electron chi connectivity index (χ2n) is 5.00. The molecule has 1 atom stereocenters. The lowest BCUT2D eigenvalue weighted by atomic mass is 10.1. The molecule has 1 saturated heterocycles. The highest BCUT2D eigenvalue weighted by atomic mass is 16.2. The van der Waals surface area contributed by atoms with E-state index in [0.29, 0.717) is 5.92 Å². The number of likely N-dealkylation sites (tertiary alicyclic amines) is 1. The molecule has 94 valence electrons. The van der Waals surface area contributed by atoms with E-state index in [9.17, 15) is 4.79 Å². The van der Waals surface area contributed by atoms with Gasteiger partial charge < -0.3 is 9.80 Å². The van der Waals surface area contributed by atoms with Gasteiger partial charge >= 0.3 is 0 Å². The summed E-state index contributed by atoms with van der Waals surface area (Å²) in [7, 11) is 0. The van der Waals surface area contributed by atoms with Crippen LogP contribution in [0.15, 0.2) is 0 Å². The molecule has 1 heterocycles. The summed E-state index contributed by atoms with van der Waals surface area (Å²) >= 11 is 0. The Labute approximate surface area is 99.8 Å². The molecule has 1 fully saturated rings. The Morgan fingerprint density at radius 2 is 2.00 bits per heavy atom. The van der Waals surface area contributed by atoms with Gasteiger partial charge in [-0.2, -0.15) is 0 Å². The molecule has 1 amide bonds. The van der Waals surface area contributed by atoms with Gasteiger partial charge in [-0.15, -0.1) is 0 Å². The molecular weight excluding hydrogens is 200 g/mol. The van der Waals surface area contributed by atoms with E-state index in [1.807, 2.05) is 4.90 Å². The average molecular weight is 226 g/mol. The van der Waals surface area contributed by atoms with Crippen LogP contribution in [0, 0.1) is 5.92 Å². The highest BCUT2D eigenvalue weighted by Gasteiger charge is 2.15. The van der Waals surface area contributed by atoms with Gasteiger partial charge in [-0.1, -0.05) is 6.92 Å². The summed E-state index contributed by atoms with van der Waals surface area (Å²) in [5.41, 5.74) is 0. The van der Waals surface area contributed by atoms with Crippen LogP contribution >= 0.6 is 0 Å². The summed E-state index contributed by atoms with van der Waals surface area (Å²) in [5.74, 6) is 0.819. The van der Waals surface area contributed by atoms with Crippen LogP contribution in [0.2, 0.25) is 0 Å². The molecule has 0 bridgehead atoms. The fourth-order valence-corrected chi connectivity index (χ4v) is 2.36. The molecule has 16 heavy (non-hydrogen) atoms. The number of hydrogen-bond donors (Lipinski definition) is 0. The number of carbonyl (C=O) groups is 1. The van der Waals surface area contributed by atoms with Crippen LogP contribution in [-0.4, -0.2) is 48.4 Å². The van der Waals surface area contributed by atoms with E-state index < -0.39 is 0 Å². The maximum atomic E-state index is 11.3. The Kier molecular flexibility index (Phi) is 5.81. The number of hydrogen-bond acceptors (Lipinski definition) is 2. The van der Waals surface area contributed by atoms with Crippen molar-refractivity contribution in [1.29, 1.82) is 0 Å². The molecule has 0 N–H and O–H groups in total. The first kappa shape index (κ1) is 13.5. The SMILES string of the molecule is CCN(CC(C)CCN1CCCC1)C(C)=O. The van der Waals surface area contributed by atoms with Crippen molar-refractivity contribution in [3.05, 3.63) is 0 Å². The Morgan fingerprint density at radius 1 is 1.38 bits per heavy atom. The van der Waals surface area contributed by atoms with Gasteiger partial charge in [0.05, 0.1) is 0 Å². The maximum absolute atomic E-state index is 11.3. The third-order valence-corrected chi connectivity index (χ3v) is 3.50. The number of amides is 1. The lowest BCUT2D eigenvalue weighted by Gasteiger charge is -2.24. The van der Waals surface area contributed by atoms with Gasteiger partial charge in [0.15, 0.2) is 0 Å². The van der Waals surface area contributed by atoms with Gasteiger partial charge in [-0.3, -0.25) is 4.79 Å². The second kappa shape index (κ2) is 6.89. The molecular formula is C13H26N2O. The van der Waals surface area contributed by atoms with E-state index in [1.165, 1.54) is 38.9 Å². The molecule has 0 aromatic heterocycles. The van der Waals surface area contributed by atoms with Gasteiger partial charge in [0.25, 0.3) is 0 Å². The largest absolute Gasteiger partial charge is 0.343 e. The summed E-state index contributed by atoms with van der Waals surface area (Å²) in [6, 6.07) is 0. The van der Waals surface area contributed by atoms with E-state index in [-0.39, 0.29) is 5.91 Å². The Hall–Kier alpha value is -0.570. The van der Waals surface area contributed by atoms with Crippen LogP contribution < -0.4 is 0 Å².